The van der Waals surface area contributed by atoms with Gasteiger partial charge in [-0.1, -0.05) is 13.8 Å². The lowest BCUT2D eigenvalue weighted by atomic mass is 9.83. The molecule has 16 heavy (non-hydrogen) atoms. The van der Waals surface area contributed by atoms with E-state index in [4.69, 9.17) is 5.73 Å². The molecule has 0 saturated carbocycles. The van der Waals surface area contributed by atoms with Gasteiger partial charge >= 0.3 is 0 Å². The van der Waals surface area contributed by atoms with Gasteiger partial charge in [-0.15, -0.1) is 0 Å². The number of hydrogen-bond acceptors (Lipinski definition) is 5. The van der Waals surface area contributed by atoms with E-state index in [0.717, 1.165) is 12.8 Å². The van der Waals surface area contributed by atoms with Crippen molar-refractivity contribution in [2.75, 3.05) is 24.2 Å². The van der Waals surface area contributed by atoms with Gasteiger partial charge in [-0.25, -0.2) is 9.97 Å². The van der Waals surface area contributed by atoms with E-state index in [1.165, 1.54) is 0 Å². The van der Waals surface area contributed by atoms with Crippen molar-refractivity contribution in [3.05, 3.63) is 12.4 Å². The minimum atomic E-state index is -0.107. The largest absolute Gasteiger partial charge is 0.396 e. The monoisotopic (exact) mass is 224 g/mol. The van der Waals surface area contributed by atoms with Gasteiger partial charge in [-0.05, 0) is 12.8 Å². The van der Waals surface area contributed by atoms with Gasteiger partial charge in [0, 0.05) is 24.4 Å². The number of nitrogens with two attached hydrogens (primary N) is 1. The van der Waals surface area contributed by atoms with Crippen molar-refractivity contribution in [3.8, 4) is 0 Å². The summed E-state index contributed by atoms with van der Waals surface area (Å²) < 4.78 is 0. The Hall–Kier alpha value is -1.36. The lowest BCUT2D eigenvalue weighted by Gasteiger charge is -2.29. The molecule has 5 heteroatoms. The Kier molecular flexibility index (Phi) is 4.49. The van der Waals surface area contributed by atoms with Gasteiger partial charge in [-0.3, -0.25) is 0 Å². The number of aromatic nitrogens is 2. The van der Waals surface area contributed by atoms with E-state index in [-0.39, 0.29) is 12.0 Å². The minimum absolute atomic E-state index is 0.107. The standard InChI is InChI=1S/C11H20N4O/c1-3-11(4-2,8-16)7-15-10-9(12)13-5-6-14-10/h5-6,16H,3-4,7-8H2,1-2H3,(H2,12,13)(H,14,15). The van der Waals surface area contributed by atoms with E-state index in [1.54, 1.807) is 12.4 Å². The fraction of sp³-hybridized carbons (Fsp3) is 0.636. The predicted molar refractivity (Wildman–Crippen MR) is 65.0 cm³/mol. The predicted octanol–water partition coefficient (Wildman–Crippen LogP) is 1.27. The van der Waals surface area contributed by atoms with Gasteiger partial charge in [0.25, 0.3) is 0 Å². The van der Waals surface area contributed by atoms with Crippen LogP contribution >= 0.6 is 0 Å². The van der Waals surface area contributed by atoms with Crippen LogP contribution in [0.25, 0.3) is 0 Å². The van der Waals surface area contributed by atoms with E-state index in [1.807, 2.05) is 0 Å². The Bertz CT molecular complexity index is 317. The maximum Gasteiger partial charge on any atom is 0.168 e. The molecule has 4 N–H and O–H groups in total. The lowest BCUT2D eigenvalue weighted by Crippen LogP contribution is -2.32. The summed E-state index contributed by atoms with van der Waals surface area (Å²) in [5, 5.41) is 12.6. The first-order valence-electron chi connectivity index (χ1n) is 5.58. The Morgan fingerprint density at radius 2 is 1.94 bits per heavy atom. The van der Waals surface area contributed by atoms with Gasteiger partial charge in [0.15, 0.2) is 11.6 Å². The molecule has 0 saturated heterocycles. The van der Waals surface area contributed by atoms with Crippen molar-refractivity contribution in [2.45, 2.75) is 26.7 Å². The number of hydrogen-bond donors (Lipinski definition) is 3. The van der Waals surface area contributed by atoms with Gasteiger partial charge in [-0.2, -0.15) is 0 Å². The first-order valence-corrected chi connectivity index (χ1v) is 5.58. The zero-order valence-electron chi connectivity index (χ0n) is 9.90. The topological polar surface area (TPSA) is 84.1 Å². The first-order chi connectivity index (χ1) is 7.67. The number of aliphatic hydroxyl groups is 1. The molecule has 0 radical (unpaired) electrons. The second-order valence-electron chi connectivity index (χ2n) is 4.01. The normalized spacial score (nSPS) is 11.4. The van der Waals surface area contributed by atoms with Gasteiger partial charge in [0.1, 0.15) is 0 Å². The van der Waals surface area contributed by atoms with Gasteiger partial charge in [0.2, 0.25) is 0 Å². The SMILES string of the molecule is CCC(CC)(CO)CNc1nccnc1N. The van der Waals surface area contributed by atoms with Crippen molar-refractivity contribution in [1.82, 2.24) is 9.97 Å². The number of aliphatic hydroxyl groups excluding tert-OH is 1. The van der Waals surface area contributed by atoms with Crippen LogP contribution in [0.3, 0.4) is 0 Å². The third-order valence-corrected chi connectivity index (χ3v) is 3.19. The molecule has 0 aliphatic rings. The summed E-state index contributed by atoms with van der Waals surface area (Å²) in [6.07, 6.45) is 4.97. The van der Waals surface area contributed by atoms with E-state index in [0.29, 0.717) is 18.2 Å². The summed E-state index contributed by atoms with van der Waals surface area (Å²) in [4.78, 5) is 8.05. The molecule has 0 aromatic carbocycles. The highest BCUT2D eigenvalue weighted by atomic mass is 16.3. The molecule has 0 aliphatic heterocycles. The van der Waals surface area contributed by atoms with E-state index in [9.17, 15) is 5.11 Å². The van der Waals surface area contributed by atoms with Crippen LogP contribution in [0, 0.1) is 5.41 Å². The van der Waals surface area contributed by atoms with Crippen LogP contribution in [-0.2, 0) is 0 Å². The number of nitrogens with zero attached hydrogens (tertiary/aromatic N) is 2. The molecular formula is C11H20N4O. The quantitative estimate of drug-likeness (QED) is 0.677. The maximum atomic E-state index is 9.42. The molecule has 0 spiro atoms. The number of anilines is 2. The molecular weight excluding hydrogens is 204 g/mol. The highest BCUT2D eigenvalue weighted by molar-refractivity contribution is 5.54. The molecule has 0 fully saturated rings. The Labute approximate surface area is 96.1 Å². The van der Waals surface area contributed by atoms with Gasteiger partial charge in [0.05, 0.1) is 6.61 Å². The summed E-state index contributed by atoms with van der Waals surface area (Å²) in [6.45, 7) is 4.95. The maximum absolute atomic E-state index is 9.42. The highest BCUT2D eigenvalue weighted by Crippen LogP contribution is 2.26. The fourth-order valence-electron chi connectivity index (χ4n) is 1.54. The van der Waals surface area contributed by atoms with Crippen LogP contribution in [0.5, 0.6) is 0 Å². The van der Waals surface area contributed by atoms with Crippen molar-refractivity contribution in [3.63, 3.8) is 0 Å². The average Bonchev–Trinajstić information content (AvgIpc) is 2.34. The summed E-state index contributed by atoms with van der Waals surface area (Å²) >= 11 is 0. The fourth-order valence-corrected chi connectivity index (χ4v) is 1.54. The zero-order valence-corrected chi connectivity index (χ0v) is 9.90. The smallest absolute Gasteiger partial charge is 0.168 e. The van der Waals surface area contributed by atoms with E-state index in [2.05, 4.69) is 29.1 Å². The number of nitrogens with one attached hydrogen (secondary N) is 1. The van der Waals surface area contributed by atoms with E-state index >= 15 is 0 Å². The second kappa shape index (κ2) is 5.65. The molecule has 0 unspecified atom stereocenters. The van der Waals surface area contributed by atoms with Crippen LogP contribution in [0.1, 0.15) is 26.7 Å². The molecule has 0 atom stereocenters. The van der Waals surface area contributed by atoms with Crippen molar-refractivity contribution < 1.29 is 5.11 Å². The summed E-state index contributed by atoms with van der Waals surface area (Å²) in [7, 11) is 0. The third-order valence-electron chi connectivity index (χ3n) is 3.19. The highest BCUT2D eigenvalue weighted by Gasteiger charge is 2.25. The lowest BCUT2D eigenvalue weighted by molar-refractivity contribution is 0.127. The second-order valence-corrected chi connectivity index (χ2v) is 4.01. The number of nitrogen functional groups attached to an aromatic ring is 1. The summed E-state index contributed by atoms with van der Waals surface area (Å²) in [6, 6.07) is 0. The molecule has 1 aromatic heterocycles. The molecule has 90 valence electrons. The molecule has 0 aliphatic carbocycles. The third kappa shape index (κ3) is 2.82. The Morgan fingerprint density at radius 1 is 1.31 bits per heavy atom. The molecule has 1 heterocycles. The van der Waals surface area contributed by atoms with Crippen molar-refractivity contribution in [2.24, 2.45) is 5.41 Å². The van der Waals surface area contributed by atoms with Crippen molar-refractivity contribution >= 4 is 11.6 Å². The average molecular weight is 224 g/mol. The molecule has 1 rings (SSSR count). The summed E-state index contributed by atoms with van der Waals surface area (Å²) in [5.41, 5.74) is 5.57. The molecule has 0 amide bonds. The van der Waals surface area contributed by atoms with E-state index < -0.39 is 0 Å². The van der Waals surface area contributed by atoms with Crippen LogP contribution < -0.4 is 11.1 Å². The molecule has 1 aromatic rings. The number of rotatable bonds is 6. The van der Waals surface area contributed by atoms with Crippen LogP contribution in [0.2, 0.25) is 0 Å². The molecule has 5 nitrogen and oxygen atoms in total. The van der Waals surface area contributed by atoms with Crippen LogP contribution in [-0.4, -0.2) is 28.2 Å². The molecule has 0 bridgehead atoms. The zero-order chi connectivity index (χ0) is 12.0. The van der Waals surface area contributed by atoms with Crippen LogP contribution in [0.4, 0.5) is 11.6 Å². The Balaban J connectivity index is 2.66. The van der Waals surface area contributed by atoms with Gasteiger partial charge < -0.3 is 16.2 Å². The Morgan fingerprint density at radius 3 is 2.44 bits per heavy atom. The minimum Gasteiger partial charge on any atom is -0.396 e. The first kappa shape index (κ1) is 12.7. The summed E-state index contributed by atoms with van der Waals surface area (Å²) in [5.74, 6) is 0.976. The van der Waals surface area contributed by atoms with Crippen LogP contribution in [0.15, 0.2) is 12.4 Å². The van der Waals surface area contributed by atoms with Crippen molar-refractivity contribution in [1.29, 1.82) is 0 Å².